The molecule has 1 saturated carbocycles. The highest BCUT2D eigenvalue weighted by Gasteiger charge is 2.19. The van der Waals surface area contributed by atoms with Crippen LogP contribution in [0.4, 0.5) is 0 Å². The largest absolute Gasteiger partial charge is 0.300 e. The summed E-state index contributed by atoms with van der Waals surface area (Å²) in [5.74, 6) is 2.03. The second kappa shape index (κ2) is 6.21. The number of ketones is 1. The van der Waals surface area contributed by atoms with Gasteiger partial charge in [0.25, 0.3) is 0 Å². The Kier molecular flexibility index (Phi) is 5.21. The zero-order valence-corrected chi connectivity index (χ0v) is 9.72. The van der Waals surface area contributed by atoms with Crippen molar-refractivity contribution in [3.63, 3.8) is 0 Å². The van der Waals surface area contributed by atoms with Crippen LogP contribution in [-0.4, -0.2) is 5.78 Å². The van der Waals surface area contributed by atoms with E-state index in [0.717, 1.165) is 25.2 Å². The summed E-state index contributed by atoms with van der Waals surface area (Å²) in [6.45, 7) is 4.58. The fourth-order valence-corrected chi connectivity index (χ4v) is 2.66. The van der Waals surface area contributed by atoms with Gasteiger partial charge in [0, 0.05) is 12.8 Å². The molecule has 0 saturated heterocycles. The molecule has 0 aliphatic heterocycles. The van der Waals surface area contributed by atoms with Crippen LogP contribution >= 0.6 is 0 Å². The molecule has 1 rings (SSSR count). The minimum absolute atomic E-state index is 0.510. The molecule has 82 valence electrons. The maximum atomic E-state index is 11.4. The average Bonchev–Trinajstić information content (AvgIpc) is 2.30. The standard InChI is InChI=1S/C13H24O/c1-3-6-11(2)9-12-7-4-5-8-13(14)10-12/h11-12H,3-10H2,1-2H3. The van der Waals surface area contributed by atoms with Gasteiger partial charge in [-0.2, -0.15) is 0 Å². The Morgan fingerprint density at radius 3 is 2.93 bits per heavy atom. The van der Waals surface area contributed by atoms with Crippen molar-refractivity contribution in [1.82, 2.24) is 0 Å². The minimum Gasteiger partial charge on any atom is -0.300 e. The fraction of sp³-hybridized carbons (Fsp3) is 0.923. The Labute approximate surface area is 88.3 Å². The van der Waals surface area contributed by atoms with Crippen LogP contribution in [0.15, 0.2) is 0 Å². The van der Waals surface area contributed by atoms with Crippen LogP contribution in [0.3, 0.4) is 0 Å². The van der Waals surface area contributed by atoms with E-state index in [1.54, 1.807) is 0 Å². The third-order valence-electron chi connectivity index (χ3n) is 3.35. The molecule has 0 N–H and O–H groups in total. The zero-order valence-electron chi connectivity index (χ0n) is 9.72. The van der Waals surface area contributed by atoms with Crippen molar-refractivity contribution in [2.45, 2.75) is 65.2 Å². The lowest BCUT2D eigenvalue weighted by atomic mass is 9.88. The Bertz CT molecular complexity index is 174. The molecule has 0 aromatic rings. The van der Waals surface area contributed by atoms with E-state index in [1.165, 1.54) is 32.1 Å². The molecule has 1 aliphatic carbocycles. The molecule has 0 bridgehead atoms. The van der Waals surface area contributed by atoms with Crippen molar-refractivity contribution in [3.05, 3.63) is 0 Å². The van der Waals surface area contributed by atoms with Gasteiger partial charge >= 0.3 is 0 Å². The lowest BCUT2D eigenvalue weighted by Crippen LogP contribution is -2.09. The number of hydrogen-bond acceptors (Lipinski definition) is 1. The molecule has 0 heterocycles. The quantitative estimate of drug-likeness (QED) is 0.622. The van der Waals surface area contributed by atoms with Gasteiger partial charge < -0.3 is 0 Å². The van der Waals surface area contributed by atoms with Crippen molar-refractivity contribution in [2.75, 3.05) is 0 Å². The molecule has 1 fully saturated rings. The van der Waals surface area contributed by atoms with Gasteiger partial charge in [-0.25, -0.2) is 0 Å². The topological polar surface area (TPSA) is 17.1 Å². The summed E-state index contributed by atoms with van der Waals surface area (Å²) in [6.07, 6.45) is 9.30. The SMILES string of the molecule is CCCC(C)CC1CCCCC(=O)C1. The van der Waals surface area contributed by atoms with Gasteiger partial charge in [0.1, 0.15) is 5.78 Å². The normalized spacial score (nSPS) is 25.9. The van der Waals surface area contributed by atoms with Crippen molar-refractivity contribution >= 4 is 5.78 Å². The van der Waals surface area contributed by atoms with Crippen LogP contribution in [-0.2, 0) is 4.79 Å². The van der Waals surface area contributed by atoms with Gasteiger partial charge in [0.15, 0.2) is 0 Å². The molecule has 0 aromatic carbocycles. The van der Waals surface area contributed by atoms with Gasteiger partial charge in [0.2, 0.25) is 0 Å². The monoisotopic (exact) mass is 196 g/mol. The third-order valence-corrected chi connectivity index (χ3v) is 3.35. The number of hydrogen-bond donors (Lipinski definition) is 0. The van der Waals surface area contributed by atoms with Gasteiger partial charge in [-0.3, -0.25) is 4.79 Å². The molecule has 0 spiro atoms. The molecule has 0 aromatic heterocycles. The lowest BCUT2D eigenvalue weighted by molar-refractivity contribution is -0.119. The molecular formula is C13H24O. The summed E-state index contributed by atoms with van der Waals surface area (Å²) in [4.78, 5) is 11.4. The number of rotatable bonds is 4. The maximum absolute atomic E-state index is 11.4. The first-order valence-electron chi connectivity index (χ1n) is 6.24. The molecule has 1 heteroatoms. The van der Waals surface area contributed by atoms with E-state index < -0.39 is 0 Å². The third kappa shape index (κ3) is 4.26. The molecule has 1 aliphatic rings. The van der Waals surface area contributed by atoms with Crippen LogP contribution in [0.25, 0.3) is 0 Å². The summed E-state index contributed by atoms with van der Waals surface area (Å²) in [5, 5.41) is 0. The number of carbonyl (C=O) groups excluding carboxylic acids is 1. The highest BCUT2D eigenvalue weighted by molar-refractivity contribution is 5.78. The lowest BCUT2D eigenvalue weighted by Gasteiger charge is -2.18. The molecule has 1 nitrogen and oxygen atoms in total. The predicted octanol–water partition coefficient (Wildman–Crippen LogP) is 3.96. The Morgan fingerprint density at radius 2 is 2.21 bits per heavy atom. The highest BCUT2D eigenvalue weighted by Crippen LogP contribution is 2.27. The van der Waals surface area contributed by atoms with Gasteiger partial charge in [0.05, 0.1) is 0 Å². The molecule has 0 amide bonds. The van der Waals surface area contributed by atoms with Crippen LogP contribution in [0.5, 0.6) is 0 Å². The molecule has 14 heavy (non-hydrogen) atoms. The molecular weight excluding hydrogens is 172 g/mol. The first-order valence-corrected chi connectivity index (χ1v) is 6.24. The van der Waals surface area contributed by atoms with E-state index in [-0.39, 0.29) is 0 Å². The van der Waals surface area contributed by atoms with Crippen LogP contribution in [0, 0.1) is 11.8 Å². The van der Waals surface area contributed by atoms with Crippen molar-refractivity contribution < 1.29 is 4.79 Å². The van der Waals surface area contributed by atoms with Crippen molar-refractivity contribution in [1.29, 1.82) is 0 Å². The van der Waals surface area contributed by atoms with E-state index in [9.17, 15) is 4.79 Å². The highest BCUT2D eigenvalue weighted by atomic mass is 16.1. The first-order chi connectivity index (χ1) is 6.72. The van der Waals surface area contributed by atoms with E-state index >= 15 is 0 Å². The summed E-state index contributed by atoms with van der Waals surface area (Å²) >= 11 is 0. The van der Waals surface area contributed by atoms with E-state index in [2.05, 4.69) is 13.8 Å². The second-order valence-electron chi connectivity index (χ2n) is 4.98. The number of Topliss-reactive ketones (excluding diaryl/α,β-unsaturated/α-hetero) is 1. The zero-order chi connectivity index (χ0) is 10.4. The van der Waals surface area contributed by atoms with E-state index in [0.29, 0.717) is 11.7 Å². The summed E-state index contributed by atoms with van der Waals surface area (Å²) in [5.41, 5.74) is 0. The summed E-state index contributed by atoms with van der Waals surface area (Å²) in [6, 6.07) is 0. The number of carbonyl (C=O) groups is 1. The second-order valence-corrected chi connectivity index (χ2v) is 4.98. The van der Waals surface area contributed by atoms with Crippen molar-refractivity contribution in [3.8, 4) is 0 Å². The van der Waals surface area contributed by atoms with E-state index in [1.807, 2.05) is 0 Å². The smallest absolute Gasteiger partial charge is 0.133 e. The van der Waals surface area contributed by atoms with Crippen LogP contribution in [0.1, 0.15) is 65.2 Å². The molecule has 0 radical (unpaired) electrons. The van der Waals surface area contributed by atoms with E-state index in [4.69, 9.17) is 0 Å². The van der Waals surface area contributed by atoms with Crippen LogP contribution in [0.2, 0.25) is 0 Å². The van der Waals surface area contributed by atoms with Gasteiger partial charge in [-0.15, -0.1) is 0 Å². The fourth-order valence-electron chi connectivity index (χ4n) is 2.66. The minimum atomic E-state index is 0.510. The average molecular weight is 196 g/mol. The molecule has 2 atom stereocenters. The van der Waals surface area contributed by atoms with Crippen LogP contribution < -0.4 is 0 Å². The summed E-state index contributed by atoms with van der Waals surface area (Å²) < 4.78 is 0. The Morgan fingerprint density at radius 1 is 1.43 bits per heavy atom. The predicted molar refractivity (Wildman–Crippen MR) is 60.3 cm³/mol. The Balaban J connectivity index is 2.30. The Hall–Kier alpha value is -0.330. The van der Waals surface area contributed by atoms with Gasteiger partial charge in [-0.1, -0.05) is 39.5 Å². The maximum Gasteiger partial charge on any atom is 0.133 e. The van der Waals surface area contributed by atoms with Crippen molar-refractivity contribution in [2.24, 2.45) is 11.8 Å². The first kappa shape index (κ1) is 11.7. The van der Waals surface area contributed by atoms with Gasteiger partial charge in [-0.05, 0) is 24.7 Å². The summed E-state index contributed by atoms with van der Waals surface area (Å²) in [7, 11) is 0. The molecule has 2 unspecified atom stereocenters.